The summed E-state index contributed by atoms with van der Waals surface area (Å²) in [6, 6.07) is 24.8. The van der Waals surface area contributed by atoms with Crippen LogP contribution in [0.1, 0.15) is 0 Å². The molecular weight excluding hydrogens is 512 g/mol. The molecule has 0 amide bonds. The highest BCUT2D eigenvalue weighted by molar-refractivity contribution is 6.28. The summed E-state index contributed by atoms with van der Waals surface area (Å²) in [6.07, 6.45) is 0. The lowest BCUT2D eigenvalue weighted by molar-refractivity contribution is 0.347. The van der Waals surface area contributed by atoms with E-state index in [-0.39, 0.29) is 21.9 Å². The van der Waals surface area contributed by atoms with E-state index < -0.39 is 45.8 Å². The van der Waals surface area contributed by atoms with Gasteiger partial charge in [0.15, 0.2) is 22.7 Å². The Bertz CT molecular complexity index is 2120. The number of rotatable bonds is 2. The number of hydrogen-bond acceptors (Lipinski definition) is 8. The Morgan fingerprint density at radius 2 is 0.775 bits per heavy atom. The zero-order chi connectivity index (χ0) is 27.9. The molecule has 7 N–H and O–H groups in total. The minimum Gasteiger partial charge on any atom is -0.504 e. The molecule has 1 heterocycles. The van der Waals surface area contributed by atoms with Crippen molar-refractivity contribution in [3.8, 4) is 62.5 Å². The Hall–Kier alpha value is -5.76. The molecule has 0 bridgehead atoms. The van der Waals surface area contributed by atoms with Crippen LogP contribution in [-0.4, -0.2) is 35.7 Å². The van der Waals surface area contributed by atoms with E-state index in [0.29, 0.717) is 16.3 Å². The first-order valence-electron chi connectivity index (χ1n) is 12.3. The molecule has 0 radical (unpaired) electrons. The number of phenolic OH excluding ortho intramolecular Hbond substituents is 7. The van der Waals surface area contributed by atoms with Crippen LogP contribution < -0.4 is 0 Å². The Morgan fingerprint density at radius 1 is 0.350 bits per heavy atom. The molecule has 1 aromatic heterocycles. The monoisotopic (exact) mass is 532 g/mol. The fourth-order valence-corrected chi connectivity index (χ4v) is 5.69. The lowest BCUT2D eigenvalue weighted by atomic mass is 9.84. The van der Waals surface area contributed by atoms with E-state index in [0.717, 1.165) is 21.9 Å². The molecule has 8 heteroatoms. The van der Waals surface area contributed by atoms with Crippen molar-refractivity contribution in [1.29, 1.82) is 0 Å². The van der Waals surface area contributed by atoms with Crippen molar-refractivity contribution in [2.45, 2.75) is 0 Å². The van der Waals surface area contributed by atoms with Gasteiger partial charge in [-0.25, -0.2) is 0 Å². The van der Waals surface area contributed by atoms with E-state index >= 15 is 0 Å². The highest BCUT2D eigenvalue weighted by Crippen LogP contribution is 2.60. The summed E-state index contributed by atoms with van der Waals surface area (Å²) < 4.78 is 5.64. The fraction of sp³-hybridized carbons (Fsp3) is 0. The van der Waals surface area contributed by atoms with Gasteiger partial charge in [-0.3, -0.25) is 0 Å². The molecule has 0 unspecified atom stereocenters. The summed E-state index contributed by atoms with van der Waals surface area (Å²) in [7, 11) is 0. The van der Waals surface area contributed by atoms with Crippen LogP contribution in [0.5, 0.6) is 40.2 Å². The van der Waals surface area contributed by atoms with Crippen LogP contribution in [0, 0.1) is 0 Å². The van der Waals surface area contributed by atoms with E-state index in [1.165, 1.54) is 0 Å². The number of aromatic hydroxyl groups is 7. The Morgan fingerprint density at radius 3 is 1.32 bits per heavy atom. The van der Waals surface area contributed by atoms with E-state index in [4.69, 9.17) is 4.42 Å². The third-order valence-corrected chi connectivity index (χ3v) is 7.43. The number of fused-ring (bicyclic) bond motifs is 5. The topological polar surface area (TPSA) is 155 Å². The van der Waals surface area contributed by atoms with Crippen LogP contribution >= 0.6 is 0 Å². The minimum absolute atomic E-state index is 0.0177. The molecule has 6 aromatic carbocycles. The second-order valence-electron chi connectivity index (χ2n) is 9.53. The molecule has 0 fully saturated rings. The summed E-state index contributed by atoms with van der Waals surface area (Å²) in [5, 5.41) is 77.5. The minimum atomic E-state index is -1.03. The van der Waals surface area contributed by atoms with Crippen molar-refractivity contribution in [3.63, 3.8) is 0 Å². The molecule has 0 saturated heterocycles. The average Bonchev–Trinajstić information content (AvgIpc) is 3.38. The number of phenols is 7. The zero-order valence-electron chi connectivity index (χ0n) is 20.5. The van der Waals surface area contributed by atoms with Crippen LogP contribution in [0.25, 0.3) is 65.7 Å². The molecule has 0 aliphatic rings. The first-order valence-corrected chi connectivity index (χ1v) is 12.3. The predicted molar refractivity (Wildman–Crippen MR) is 151 cm³/mol. The van der Waals surface area contributed by atoms with Crippen LogP contribution in [0.15, 0.2) is 83.3 Å². The maximum atomic E-state index is 11.4. The summed E-state index contributed by atoms with van der Waals surface area (Å²) in [5.41, 5.74) is 1.49. The van der Waals surface area contributed by atoms with Crippen molar-refractivity contribution in [1.82, 2.24) is 0 Å². The zero-order valence-corrected chi connectivity index (χ0v) is 20.5. The van der Waals surface area contributed by atoms with Crippen molar-refractivity contribution >= 4 is 43.5 Å². The second-order valence-corrected chi connectivity index (χ2v) is 9.53. The van der Waals surface area contributed by atoms with E-state index in [1.54, 1.807) is 0 Å². The first kappa shape index (κ1) is 23.4. The van der Waals surface area contributed by atoms with Crippen LogP contribution in [0.4, 0.5) is 0 Å². The Kier molecular flexibility index (Phi) is 4.74. The van der Waals surface area contributed by atoms with Gasteiger partial charge >= 0.3 is 0 Å². The molecule has 0 saturated carbocycles. The first-order chi connectivity index (χ1) is 19.3. The molecule has 8 nitrogen and oxygen atoms in total. The standard InChI is InChI=1S/C32H20O8/c33-24-21(22-23-25(34)26(35)28(37)30(39)32(23)40-31(22)29(38)27(24)36)20-17-12-6-4-10-15(17)19(14-8-2-1-3-9-14)16-11-5-7-13-18(16)20/h1-13,33-39H. The maximum Gasteiger partial charge on any atom is 0.208 e. The fourth-order valence-electron chi connectivity index (χ4n) is 5.69. The molecule has 196 valence electrons. The van der Waals surface area contributed by atoms with E-state index in [9.17, 15) is 35.7 Å². The molecule has 7 rings (SSSR count). The third kappa shape index (κ3) is 2.90. The molecule has 0 spiro atoms. The summed E-state index contributed by atoms with van der Waals surface area (Å²) >= 11 is 0. The quantitative estimate of drug-likeness (QED) is 0.0702. The van der Waals surface area contributed by atoms with Crippen molar-refractivity contribution in [3.05, 3.63) is 78.9 Å². The Labute approximate surface area is 225 Å². The van der Waals surface area contributed by atoms with Gasteiger partial charge in [-0.05, 0) is 32.7 Å². The second kappa shape index (κ2) is 8.12. The SMILES string of the molecule is Oc1c(O)c(O)c2c(oc3c(O)c(O)c(O)c(-c4c5ccccc5c(-c5ccccc5)c5ccccc45)c32)c1O. The molecule has 0 aliphatic heterocycles. The van der Waals surface area contributed by atoms with Gasteiger partial charge < -0.3 is 40.2 Å². The molecule has 0 atom stereocenters. The van der Waals surface area contributed by atoms with Gasteiger partial charge in [-0.2, -0.15) is 0 Å². The highest BCUT2D eigenvalue weighted by Gasteiger charge is 2.32. The van der Waals surface area contributed by atoms with Gasteiger partial charge in [0.1, 0.15) is 0 Å². The lowest BCUT2D eigenvalue weighted by Gasteiger charge is -2.19. The number of benzene rings is 6. The van der Waals surface area contributed by atoms with E-state index in [1.807, 2.05) is 78.9 Å². The van der Waals surface area contributed by atoms with Gasteiger partial charge in [0, 0.05) is 16.5 Å². The highest BCUT2D eigenvalue weighted by atomic mass is 16.4. The number of hydrogen-bond donors (Lipinski definition) is 7. The Balaban J connectivity index is 1.79. The van der Waals surface area contributed by atoms with Crippen LogP contribution in [-0.2, 0) is 0 Å². The van der Waals surface area contributed by atoms with Gasteiger partial charge in [0.2, 0.25) is 28.7 Å². The third-order valence-electron chi connectivity index (χ3n) is 7.43. The van der Waals surface area contributed by atoms with Gasteiger partial charge in [-0.15, -0.1) is 0 Å². The molecular formula is C32H20O8. The average molecular weight is 533 g/mol. The van der Waals surface area contributed by atoms with Crippen LogP contribution in [0.3, 0.4) is 0 Å². The van der Waals surface area contributed by atoms with Crippen molar-refractivity contribution < 1.29 is 40.2 Å². The lowest BCUT2D eigenvalue weighted by Crippen LogP contribution is -1.92. The summed E-state index contributed by atoms with van der Waals surface area (Å²) in [5.74, 6) is -6.21. The van der Waals surface area contributed by atoms with Gasteiger partial charge in [0.25, 0.3) is 0 Å². The predicted octanol–water partition coefficient (Wildman–Crippen LogP) is 7.17. The van der Waals surface area contributed by atoms with Gasteiger partial charge in [-0.1, -0.05) is 78.9 Å². The molecule has 7 aromatic rings. The van der Waals surface area contributed by atoms with Crippen molar-refractivity contribution in [2.75, 3.05) is 0 Å². The summed E-state index contributed by atoms with van der Waals surface area (Å²) in [4.78, 5) is 0. The largest absolute Gasteiger partial charge is 0.504 e. The molecule has 0 aliphatic carbocycles. The van der Waals surface area contributed by atoms with Gasteiger partial charge in [0.05, 0.1) is 5.39 Å². The number of furan rings is 1. The maximum absolute atomic E-state index is 11.4. The van der Waals surface area contributed by atoms with Crippen LogP contribution in [0.2, 0.25) is 0 Å². The normalized spacial score (nSPS) is 11.7. The summed E-state index contributed by atoms with van der Waals surface area (Å²) in [6.45, 7) is 0. The van der Waals surface area contributed by atoms with Crippen molar-refractivity contribution in [2.24, 2.45) is 0 Å². The van der Waals surface area contributed by atoms with E-state index in [2.05, 4.69) is 0 Å². The molecule has 40 heavy (non-hydrogen) atoms. The smallest absolute Gasteiger partial charge is 0.208 e.